The number of hydrogen-bond donors (Lipinski definition) is 1. The molecule has 1 N–H and O–H groups in total. The molecule has 1 aliphatic heterocycles. The summed E-state index contributed by atoms with van der Waals surface area (Å²) in [4.78, 5) is 54.9. The predicted octanol–water partition coefficient (Wildman–Crippen LogP) is 5.19. The van der Waals surface area contributed by atoms with Crippen molar-refractivity contribution in [2.45, 2.75) is 64.8 Å². The van der Waals surface area contributed by atoms with Crippen molar-refractivity contribution in [3.05, 3.63) is 82.9 Å². The average Bonchev–Trinajstić information content (AvgIpc) is 3.22. The van der Waals surface area contributed by atoms with Gasteiger partial charge in [-0.1, -0.05) is 62.4 Å². The van der Waals surface area contributed by atoms with Crippen LogP contribution in [0, 0.1) is 5.92 Å². The van der Waals surface area contributed by atoms with Crippen LogP contribution in [0.4, 0.5) is 4.79 Å². The summed E-state index contributed by atoms with van der Waals surface area (Å²) in [5.41, 5.74) is 1.78. The molecule has 8 heteroatoms. The number of amides is 3. The van der Waals surface area contributed by atoms with Crippen LogP contribution >= 0.6 is 0 Å². The summed E-state index contributed by atoms with van der Waals surface area (Å²) in [5, 5.41) is 4.07. The molecule has 3 atom stereocenters. The highest BCUT2D eigenvalue weighted by atomic mass is 16.6. The van der Waals surface area contributed by atoms with E-state index in [1.807, 2.05) is 36.4 Å². The van der Waals surface area contributed by atoms with Gasteiger partial charge in [-0.2, -0.15) is 0 Å². The van der Waals surface area contributed by atoms with Gasteiger partial charge in [0.15, 0.2) is 0 Å². The second kappa shape index (κ2) is 9.84. The van der Waals surface area contributed by atoms with Crippen LogP contribution in [0.5, 0.6) is 0 Å². The number of fused-ring (bicyclic) bond motifs is 1. The minimum absolute atomic E-state index is 0.296. The molecular weight excluding hydrogens is 496 g/mol. The van der Waals surface area contributed by atoms with E-state index in [-0.39, 0.29) is 5.92 Å². The number of nitrogens with one attached hydrogen (secondary N) is 1. The summed E-state index contributed by atoms with van der Waals surface area (Å²) < 4.78 is 11.4. The topological polar surface area (TPSA) is 102 Å². The van der Waals surface area contributed by atoms with Crippen molar-refractivity contribution in [3.8, 4) is 0 Å². The van der Waals surface area contributed by atoms with Gasteiger partial charge < -0.3 is 14.8 Å². The third-order valence-corrected chi connectivity index (χ3v) is 7.09. The van der Waals surface area contributed by atoms with E-state index in [0.29, 0.717) is 22.9 Å². The summed E-state index contributed by atoms with van der Waals surface area (Å²) in [5.74, 6) is -1.81. The molecule has 0 radical (unpaired) electrons. The van der Waals surface area contributed by atoms with Gasteiger partial charge >= 0.3 is 12.1 Å². The number of hydrogen-bond acceptors (Lipinski definition) is 6. The molecule has 8 nitrogen and oxygen atoms in total. The molecule has 1 heterocycles. The summed E-state index contributed by atoms with van der Waals surface area (Å²) in [6, 6.07) is 16.4. The van der Waals surface area contributed by atoms with Gasteiger partial charge in [-0.25, -0.2) is 9.59 Å². The first kappa shape index (κ1) is 26.4. The van der Waals surface area contributed by atoms with Gasteiger partial charge in [0.1, 0.15) is 23.8 Å². The zero-order chi connectivity index (χ0) is 28.1. The number of benzene rings is 3. The van der Waals surface area contributed by atoms with E-state index in [1.165, 1.54) is 4.90 Å². The Hall–Kier alpha value is -4.20. The number of imide groups is 1. The van der Waals surface area contributed by atoms with Gasteiger partial charge in [0.25, 0.3) is 11.8 Å². The lowest BCUT2D eigenvalue weighted by atomic mass is 9.92. The van der Waals surface area contributed by atoms with E-state index in [1.54, 1.807) is 58.9 Å². The van der Waals surface area contributed by atoms with Crippen LogP contribution < -0.4 is 5.32 Å². The Morgan fingerprint density at radius 1 is 0.923 bits per heavy atom. The molecule has 202 valence electrons. The van der Waals surface area contributed by atoms with Crippen molar-refractivity contribution in [2.24, 2.45) is 5.92 Å². The first-order valence-corrected chi connectivity index (χ1v) is 13.1. The van der Waals surface area contributed by atoms with Crippen LogP contribution in [0.1, 0.15) is 72.5 Å². The summed E-state index contributed by atoms with van der Waals surface area (Å²) >= 11 is 0. The number of carbonyl (C=O) groups is 4. The number of ether oxygens (including phenoxy) is 2. The molecule has 0 spiro atoms. The SMILES string of the molecule is CC(C)[C@H](NC(=O)OC(C)(C)C)C(=O)O[C@H]1Cc2ccccc2[C@H]1N1C(=O)c2cccc3cccc(c23)C1=O. The molecule has 0 fully saturated rings. The molecule has 0 unspecified atom stereocenters. The Labute approximate surface area is 227 Å². The third-order valence-electron chi connectivity index (χ3n) is 7.09. The number of esters is 1. The van der Waals surface area contributed by atoms with Gasteiger partial charge in [-0.15, -0.1) is 0 Å². The Morgan fingerprint density at radius 3 is 2.13 bits per heavy atom. The molecule has 0 bridgehead atoms. The van der Waals surface area contributed by atoms with E-state index < -0.39 is 47.7 Å². The van der Waals surface area contributed by atoms with E-state index in [2.05, 4.69) is 5.32 Å². The maximum Gasteiger partial charge on any atom is 0.408 e. The quantitative estimate of drug-likeness (QED) is 0.361. The zero-order valence-corrected chi connectivity index (χ0v) is 22.7. The molecule has 0 saturated carbocycles. The lowest BCUT2D eigenvalue weighted by Gasteiger charge is -2.35. The maximum absolute atomic E-state index is 13.9. The highest BCUT2D eigenvalue weighted by Gasteiger charge is 2.47. The normalized spacial score (nSPS) is 19.2. The lowest BCUT2D eigenvalue weighted by Crippen LogP contribution is -2.50. The number of carbonyl (C=O) groups excluding carboxylic acids is 4. The van der Waals surface area contributed by atoms with Crippen molar-refractivity contribution in [1.82, 2.24) is 10.2 Å². The van der Waals surface area contributed by atoms with Gasteiger partial charge in [0.2, 0.25) is 0 Å². The van der Waals surface area contributed by atoms with Crippen LogP contribution in [0.3, 0.4) is 0 Å². The fraction of sp³-hybridized carbons (Fsp3) is 0.355. The van der Waals surface area contributed by atoms with Gasteiger partial charge in [0, 0.05) is 22.9 Å². The van der Waals surface area contributed by atoms with Gasteiger partial charge in [-0.3, -0.25) is 14.5 Å². The fourth-order valence-corrected chi connectivity index (χ4v) is 5.41. The zero-order valence-electron chi connectivity index (χ0n) is 22.7. The van der Waals surface area contributed by atoms with Crippen molar-refractivity contribution in [3.63, 3.8) is 0 Å². The largest absolute Gasteiger partial charge is 0.458 e. The monoisotopic (exact) mass is 528 g/mol. The Morgan fingerprint density at radius 2 is 1.54 bits per heavy atom. The average molecular weight is 529 g/mol. The second-order valence-corrected chi connectivity index (χ2v) is 11.4. The van der Waals surface area contributed by atoms with Crippen LogP contribution in [0.25, 0.3) is 10.8 Å². The number of alkyl carbamates (subject to hydrolysis) is 1. The number of rotatable bonds is 5. The second-order valence-electron chi connectivity index (χ2n) is 11.4. The Kier molecular flexibility index (Phi) is 6.66. The van der Waals surface area contributed by atoms with Crippen LogP contribution in [-0.4, -0.2) is 46.5 Å². The van der Waals surface area contributed by atoms with E-state index >= 15 is 0 Å². The first-order valence-electron chi connectivity index (χ1n) is 13.1. The summed E-state index contributed by atoms with van der Waals surface area (Å²) in [6.45, 7) is 8.79. The van der Waals surface area contributed by atoms with Crippen LogP contribution in [0.2, 0.25) is 0 Å². The van der Waals surface area contributed by atoms with Crippen molar-refractivity contribution in [1.29, 1.82) is 0 Å². The number of nitrogens with zero attached hydrogens (tertiary/aromatic N) is 1. The van der Waals surface area contributed by atoms with Crippen molar-refractivity contribution in [2.75, 3.05) is 0 Å². The Bertz CT molecular complexity index is 1440. The first-order chi connectivity index (χ1) is 18.5. The molecule has 39 heavy (non-hydrogen) atoms. The highest BCUT2D eigenvalue weighted by Crippen LogP contribution is 2.42. The molecule has 3 amide bonds. The van der Waals surface area contributed by atoms with Crippen LogP contribution in [0.15, 0.2) is 60.7 Å². The minimum Gasteiger partial charge on any atom is -0.458 e. The summed E-state index contributed by atoms with van der Waals surface area (Å²) in [7, 11) is 0. The van der Waals surface area contributed by atoms with Gasteiger partial charge in [0.05, 0.1) is 0 Å². The molecule has 3 aromatic carbocycles. The molecule has 5 rings (SSSR count). The standard InChI is InChI=1S/C31H32N2O6/c1-17(2)25(32-30(37)39-31(3,4)5)29(36)38-23-16-19-10-6-7-13-20(19)26(23)33-27(34)21-14-8-11-18-12-9-15-22(24(18)21)28(33)35/h6-15,17,23,25-26H,16H2,1-5H3,(H,32,37)/t23-,25-,26+/m0/s1. The molecular formula is C31H32N2O6. The third kappa shape index (κ3) is 4.87. The molecule has 3 aromatic rings. The molecule has 1 aliphatic carbocycles. The summed E-state index contributed by atoms with van der Waals surface area (Å²) in [6.07, 6.45) is -1.23. The fourth-order valence-electron chi connectivity index (χ4n) is 5.41. The van der Waals surface area contributed by atoms with E-state index in [0.717, 1.165) is 16.5 Å². The lowest BCUT2D eigenvalue weighted by molar-refractivity contribution is -0.155. The van der Waals surface area contributed by atoms with Crippen LogP contribution in [-0.2, 0) is 20.7 Å². The maximum atomic E-state index is 13.9. The molecule has 2 aliphatic rings. The minimum atomic E-state index is -0.980. The van der Waals surface area contributed by atoms with Crippen molar-refractivity contribution < 1.29 is 28.7 Å². The van der Waals surface area contributed by atoms with Crippen molar-refractivity contribution >= 4 is 34.6 Å². The van der Waals surface area contributed by atoms with E-state index in [4.69, 9.17) is 9.47 Å². The molecule has 0 saturated heterocycles. The van der Waals surface area contributed by atoms with E-state index in [9.17, 15) is 19.2 Å². The predicted molar refractivity (Wildman–Crippen MR) is 145 cm³/mol. The Balaban J connectivity index is 1.48. The highest BCUT2D eigenvalue weighted by molar-refractivity contribution is 6.25. The molecule has 0 aromatic heterocycles. The smallest absolute Gasteiger partial charge is 0.408 e. The van der Waals surface area contributed by atoms with Gasteiger partial charge in [-0.05, 0) is 55.3 Å².